The van der Waals surface area contributed by atoms with Crippen molar-refractivity contribution < 1.29 is 10.2 Å². The van der Waals surface area contributed by atoms with Crippen molar-refractivity contribution in [2.45, 2.75) is 30.5 Å². The van der Waals surface area contributed by atoms with Crippen LogP contribution in [0.2, 0.25) is 0 Å². The first kappa shape index (κ1) is 7.54. The van der Waals surface area contributed by atoms with Crippen LogP contribution in [-0.4, -0.2) is 22.4 Å². The standard InChI is InChI=1S/C11H12O2/c12-10-8-5-9(11(10)13)7-4-2-1-3-6(7)8/h1-4,8-13H,5H2. The summed E-state index contributed by atoms with van der Waals surface area (Å²) in [5.74, 6) is 0.354. The molecule has 2 bridgehead atoms. The summed E-state index contributed by atoms with van der Waals surface area (Å²) in [7, 11) is 0. The van der Waals surface area contributed by atoms with Crippen LogP contribution in [0.1, 0.15) is 29.4 Å². The van der Waals surface area contributed by atoms with Gasteiger partial charge in [-0.15, -0.1) is 0 Å². The third-order valence-corrected chi connectivity index (χ3v) is 3.48. The number of hydrogen-bond donors (Lipinski definition) is 2. The molecule has 13 heavy (non-hydrogen) atoms. The lowest BCUT2D eigenvalue weighted by atomic mass is 9.88. The van der Waals surface area contributed by atoms with Gasteiger partial charge < -0.3 is 10.2 Å². The van der Waals surface area contributed by atoms with Crippen LogP contribution >= 0.6 is 0 Å². The number of hydrogen-bond acceptors (Lipinski definition) is 2. The number of benzene rings is 1. The van der Waals surface area contributed by atoms with Gasteiger partial charge in [0.05, 0.1) is 12.2 Å². The average molecular weight is 176 g/mol. The third kappa shape index (κ3) is 0.798. The second-order valence-electron chi connectivity index (χ2n) is 4.06. The summed E-state index contributed by atoms with van der Waals surface area (Å²) >= 11 is 0. The highest BCUT2D eigenvalue weighted by molar-refractivity contribution is 5.43. The van der Waals surface area contributed by atoms with Gasteiger partial charge in [-0.3, -0.25) is 0 Å². The van der Waals surface area contributed by atoms with Crippen LogP contribution in [0.5, 0.6) is 0 Å². The molecule has 0 spiro atoms. The monoisotopic (exact) mass is 176 g/mol. The van der Waals surface area contributed by atoms with E-state index in [1.165, 1.54) is 11.1 Å². The van der Waals surface area contributed by atoms with Crippen molar-refractivity contribution in [1.82, 2.24) is 0 Å². The number of aliphatic hydroxyl groups excluding tert-OH is 2. The fraction of sp³-hybridized carbons (Fsp3) is 0.455. The molecule has 0 saturated heterocycles. The Hall–Kier alpha value is -0.860. The summed E-state index contributed by atoms with van der Waals surface area (Å²) in [5, 5.41) is 19.4. The predicted octanol–water partition coefficient (Wildman–Crippen LogP) is 0.993. The van der Waals surface area contributed by atoms with Crippen LogP contribution in [0.25, 0.3) is 0 Å². The van der Waals surface area contributed by atoms with E-state index in [4.69, 9.17) is 0 Å². The van der Waals surface area contributed by atoms with Gasteiger partial charge in [0.2, 0.25) is 0 Å². The summed E-state index contributed by atoms with van der Waals surface area (Å²) in [6.45, 7) is 0. The minimum Gasteiger partial charge on any atom is -0.390 e. The quantitative estimate of drug-likeness (QED) is 0.619. The lowest BCUT2D eigenvalue weighted by molar-refractivity contribution is 0.0217. The highest BCUT2D eigenvalue weighted by Crippen LogP contribution is 2.52. The Labute approximate surface area is 76.8 Å². The van der Waals surface area contributed by atoms with Crippen molar-refractivity contribution in [3.05, 3.63) is 35.4 Å². The van der Waals surface area contributed by atoms with Gasteiger partial charge in [-0.1, -0.05) is 24.3 Å². The van der Waals surface area contributed by atoms with Gasteiger partial charge in [-0.05, 0) is 17.5 Å². The molecule has 0 heterocycles. The third-order valence-electron chi connectivity index (χ3n) is 3.48. The predicted molar refractivity (Wildman–Crippen MR) is 48.6 cm³/mol. The maximum atomic E-state index is 9.68. The van der Waals surface area contributed by atoms with Gasteiger partial charge in [0.15, 0.2) is 0 Å². The Kier molecular flexibility index (Phi) is 1.35. The Morgan fingerprint density at radius 1 is 0.923 bits per heavy atom. The van der Waals surface area contributed by atoms with E-state index in [0.717, 1.165) is 6.42 Å². The number of fused-ring (bicyclic) bond motifs is 5. The molecule has 68 valence electrons. The first-order chi connectivity index (χ1) is 6.29. The molecule has 2 aliphatic rings. The lowest BCUT2D eigenvalue weighted by Crippen LogP contribution is -2.30. The fourth-order valence-corrected chi connectivity index (χ4v) is 2.84. The van der Waals surface area contributed by atoms with Crippen LogP contribution in [0.4, 0.5) is 0 Å². The molecule has 2 heteroatoms. The van der Waals surface area contributed by atoms with E-state index in [-0.39, 0.29) is 11.8 Å². The van der Waals surface area contributed by atoms with Crippen molar-refractivity contribution in [1.29, 1.82) is 0 Å². The smallest absolute Gasteiger partial charge is 0.0873 e. The normalized spacial score (nSPS) is 40.8. The Bertz CT molecular complexity index is 315. The van der Waals surface area contributed by atoms with E-state index in [1.54, 1.807) is 0 Å². The molecule has 3 rings (SSSR count). The van der Waals surface area contributed by atoms with Crippen molar-refractivity contribution >= 4 is 0 Å². The minimum absolute atomic E-state index is 0.177. The van der Waals surface area contributed by atoms with Crippen molar-refractivity contribution in [3.8, 4) is 0 Å². The van der Waals surface area contributed by atoms with Gasteiger partial charge in [-0.25, -0.2) is 0 Å². The molecule has 2 N–H and O–H groups in total. The van der Waals surface area contributed by atoms with Crippen LogP contribution in [-0.2, 0) is 0 Å². The van der Waals surface area contributed by atoms with Gasteiger partial charge in [-0.2, -0.15) is 0 Å². The molecule has 1 saturated carbocycles. The second kappa shape index (κ2) is 2.34. The Morgan fingerprint density at radius 3 is 1.85 bits per heavy atom. The zero-order chi connectivity index (χ0) is 9.00. The highest BCUT2D eigenvalue weighted by atomic mass is 16.3. The van der Waals surface area contributed by atoms with Crippen LogP contribution in [0.15, 0.2) is 24.3 Å². The molecule has 1 aromatic rings. The van der Waals surface area contributed by atoms with Crippen molar-refractivity contribution in [3.63, 3.8) is 0 Å². The van der Waals surface area contributed by atoms with Gasteiger partial charge in [0, 0.05) is 11.8 Å². The Balaban J connectivity index is 2.16. The summed E-state index contributed by atoms with van der Waals surface area (Å²) in [4.78, 5) is 0. The second-order valence-corrected chi connectivity index (χ2v) is 4.06. The minimum atomic E-state index is -0.542. The van der Waals surface area contributed by atoms with E-state index in [1.807, 2.05) is 12.1 Å². The Morgan fingerprint density at radius 2 is 1.38 bits per heavy atom. The van der Waals surface area contributed by atoms with Crippen LogP contribution in [0, 0.1) is 0 Å². The van der Waals surface area contributed by atoms with Gasteiger partial charge in [0.25, 0.3) is 0 Å². The molecule has 4 atom stereocenters. The maximum Gasteiger partial charge on any atom is 0.0873 e. The molecule has 4 unspecified atom stereocenters. The lowest BCUT2D eigenvalue weighted by Gasteiger charge is -2.24. The molecule has 1 aromatic carbocycles. The first-order valence-corrected chi connectivity index (χ1v) is 4.74. The van der Waals surface area contributed by atoms with Crippen LogP contribution < -0.4 is 0 Å². The van der Waals surface area contributed by atoms with E-state index < -0.39 is 12.2 Å². The van der Waals surface area contributed by atoms with E-state index in [0.29, 0.717) is 0 Å². The number of rotatable bonds is 0. The molecule has 0 aromatic heterocycles. The average Bonchev–Trinajstić information content (AvgIpc) is 2.66. The zero-order valence-electron chi connectivity index (χ0n) is 7.22. The number of aliphatic hydroxyl groups is 2. The molecule has 0 radical (unpaired) electrons. The fourth-order valence-electron chi connectivity index (χ4n) is 2.84. The van der Waals surface area contributed by atoms with Crippen molar-refractivity contribution in [2.24, 2.45) is 0 Å². The van der Waals surface area contributed by atoms with Crippen LogP contribution in [0.3, 0.4) is 0 Å². The van der Waals surface area contributed by atoms with E-state index in [2.05, 4.69) is 12.1 Å². The summed E-state index contributed by atoms with van der Waals surface area (Å²) in [6.07, 6.45) is -0.165. The van der Waals surface area contributed by atoms with E-state index in [9.17, 15) is 10.2 Å². The van der Waals surface area contributed by atoms with Gasteiger partial charge >= 0.3 is 0 Å². The summed E-state index contributed by atoms with van der Waals surface area (Å²) in [5.41, 5.74) is 2.48. The van der Waals surface area contributed by atoms with Gasteiger partial charge in [0.1, 0.15) is 0 Å². The SMILES string of the molecule is OC1C2CC(c3ccccc32)C1O. The van der Waals surface area contributed by atoms with E-state index >= 15 is 0 Å². The van der Waals surface area contributed by atoms with Crippen molar-refractivity contribution in [2.75, 3.05) is 0 Å². The molecule has 0 aliphatic heterocycles. The molecule has 1 fully saturated rings. The zero-order valence-corrected chi connectivity index (χ0v) is 7.22. The largest absolute Gasteiger partial charge is 0.390 e. The molecular weight excluding hydrogens is 164 g/mol. The summed E-state index contributed by atoms with van der Waals surface area (Å²) < 4.78 is 0. The first-order valence-electron chi connectivity index (χ1n) is 4.74. The summed E-state index contributed by atoms with van der Waals surface area (Å²) in [6, 6.07) is 8.13. The maximum absolute atomic E-state index is 9.68. The molecular formula is C11H12O2. The topological polar surface area (TPSA) is 40.5 Å². The molecule has 2 aliphatic carbocycles. The highest BCUT2D eigenvalue weighted by Gasteiger charge is 2.49. The molecule has 2 nitrogen and oxygen atoms in total. The molecule has 0 amide bonds.